The van der Waals surface area contributed by atoms with Gasteiger partial charge in [0, 0.05) is 0 Å². The van der Waals surface area contributed by atoms with Crippen LogP contribution < -0.4 is 9.47 Å². The molecule has 23 heavy (non-hydrogen) atoms. The van der Waals surface area contributed by atoms with Crippen molar-refractivity contribution in [3.05, 3.63) is 53.6 Å². The predicted molar refractivity (Wildman–Crippen MR) is 91.4 cm³/mol. The van der Waals surface area contributed by atoms with E-state index < -0.39 is 0 Å². The lowest BCUT2D eigenvalue weighted by Crippen LogP contribution is -2.08. The number of aryl methyl sites for hydroxylation is 2. The molecule has 2 aliphatic heterocycles. The first-order valence-corrected chi connectivity index (χ1v) is 8.36. The first-order chi connectivity index (χ1) is 11.2. The van der Waals surface area contributed by atoms with Crippen LogP contribution in [0.25, 0.3) is 0 Å². The summed E-state index contributed by atoms with van der Waals surface area (Å²) in [5.41, 5.74) is 2.47. The lowest BCUT2D eigenvalue weighted by atomic mass is 10.0. The summed E-state index contributed by atoms with van der Waals surface area (Å²) in [5.74, 6) is 2.31. The number of rotatable bonds is 1. The first-order valence-electron chi connectivity index (χ1n) is 8.36. The van der Waals surface area contributed by atoms with E-state index in [2.05, 4.69) is 24.3 Å². The van der Waals surface area contributed by atoms with Gasteiger partial charge in [-0.25, -0.2) is 0 Å². The standard InChI is InChI=1S/C20H24O3/c1-22-19-13-9-16-4-2-3-5-17(21)10-6-15-7-11-18(12-8-15)23-20(19)14-16/h7-9,11-14,17,21H,2-6,10H2,1H3. The van der Waals surface area contributed by atoms with Crippen molar-refractivity contribution in [2.45, 2.75) is 44.6 Å². The summed E-state index contributed by atoms with van der Waals surface area (Å²) in [6.07, 6.45) is 5.50. The highest BCUT2D eigenvalue weighted by Crippen LogP contribution is 2.33. The maximum atomic E-state index is 10.1. The van der Waals surface area contributed by atoms with E-state index in [1.807, 2.05) is 18.2 Å². The van der Waals surface area contributed by atoms with Crippen molar-refractivity contribution >= 4 is 0 Å². The lowest BCUT2D eigenvalue weighted by molar-refractivity contribution is 0.151. The van der Waals surface area contributed by atoms with Crippen LogP contribution in [-0.4, -0.2) is 18.3 Å². The third-order valence-electron chi connectivity index (χ3n) is 4.40. The molecule has 0 aliphatic carbocycles. The number of ether oxygens (including phenoxy) is 2. The normalized spacial score (nSPS) is 18.6. The van der Waals surface area contributed by atoms with E-state index in [-0.39, 0.29) is 6.10 Å². The summed E-state index contributed by atoms with van der Waals surface area (Å²) < 4.78 is 11.4. The molecule has 0 spiro atoms. The highest BCUT2D eigenvalue weighted by Gasteiger charge is 2.10. The van der Waals surface area contributed by atoms with Crippen LogP contribution in [0.4, 0.5) is 0 Å². The Kier molecular flexibility index (Phi) is 5.19. The van der Waals surface area contributed by atoms with Crippen molar-refractivity contribution in [2.24, 2.45) is 0 Å². The van der Waals surface area contributed by atoms with Gasteiger partial charge in [-0.05, 0) is 67.5 Å². The Labute approximate surface area is 137 Å². The van der Waals surface area contributed by atoms with Gasteiger partial charge in [-0.15, -0.1) is 0 Å². The summed E-state index contributed by atoms with van der Waals surface area (Å²) >= 11 is 0. The zero-order chi connectivity index (χ0) is 16.1. The van der Waals surface area contributed by atoms with Gasteiger partial charge in [0.05, 0.1) is 13.2 Å². The lowest BCUT2D eigenvalue weighted by Gasteiger charge is -2.12. The molecule has 1 unspecified atom stereocenters. The van der Waals surface area contributed by atoms with Gasteiger partial charge in [-0.2, -0.15) is 0 Å². The smallest absolute Gasteiger partial charge is 0.169 e. The Morgan fingerprint density at radius 2 is 1.74 bits per heavy atom. The third kappa shape index (κ3) is 4.26. The molecule has 0 amide bonds. The minimum atomic E-state index is -0.206. The summed E-state index contributed by atoms with van der Waals surface area (Å²) in [5, 5.41) is 10.1. The fourth-order valence-electron chi connectivity index (χ4n) is 2.99. The van der Waals surface area contributed by atoms with Crippen molar-refractivity contribution in [3.63, 3.8) is 0 Å². The van der Waals surface area contributed by atoms with E-state index >= 15 is 0 Å². The topological polar surface area (TPSA) is 38.7 Å². The van der Waals surface area contributed by atoms with Gasteiger partial charge in [0.1, 0.15) is 5.75 Å². The minimum absolute atomic E-state index is 0.206. The van der Waals surface area contributed by atoms with E-state index in [0.717, 1.165) is 55.8 Å². The molecule has 4 bridgehead atoms. The van der Waals surface area contributed by atoms with Crippen LogP contribution in [-0.2, 0) is 12.8 Å². The molecule has 0 fully saturated rings. The van der Waals surface area contributed by atoms with Crippen LogP contribution in [0.15, 0.2) is 42.5 Å². The summed E-state index contributed by atoms with van der Waals surface area (Å²) in [4.78, 5) is 0. The minimum Gasteiger partial charge on any atom is -0.493 e. The third-order valence-corrected chi connectivity index (χ3v) is 4.40. The van der Waals surface area contributed by atoms with Gasteiger partial charge in [0.2, 0.25) is 0 Å². The van der Waals surface area contributed by atoms with Crippen LogP contribution in [0, 0.1) is 0 Å². The largest absolute Gasteiger partial charge is 0.493 e. The Hall–Kier alpha value is -2.00. The Morgan fingerprint density at radius 3 is 2.52 bits per heavy atom. The second-order valence-corrected chi connectivity index (χ2v) is 6.17. The van der Waals surface area contributed by atoms with E-state index in [0.29, 0.717) is 0 Å². The summed E-state index contributed by atoms with van der Waals surface area (Å²) in [6.45, 7) is 0. The summed E-state index contributed by atoms with van der Waals surface area (Å²) in [7, 11) is 1.66. The zero-order valence-corrected chi connectivity index (χ0v) is 13.6. The fraction of sp³-hybridized carbons (Fsp3) is 0.400. The quantitative estimate of drug-likeness (QED) is 0.842. The number of benzene rings is 2. The number of hydrogen-bond donors (Lipinski definition) is 1. The Morgan fingerprint density at radius 1 is 0.957 bits per heavy atom. The highest BCUT2D eigenvalue weighted by atomic mass is 16.5. The second kappa shape index (κ2) is 7.51. The van der Waals surface area contributed by atoms with E-state index in [1.165, 1.54) is 11.1 Å². The van der Waals surface area contributed by atoms with Crippen molar-refractivity contribution < 1.29 is 14.6 Å². The molecule has 2 aromatic rings. The van der Waals surface area contributed by atoms with Gasteiger partial charge < -0.3 is 14.6 Å². The van der Waals surface area contributed by atoms with Crippen LogP contribution in [0.5, 0.6) is 17.2 Å². The van der Waals surface area contributed by atoms with Crippen molar-refractivity contribution in [3.8, 4) is 17.2 Å². The molecule has 0 saturated carbocycles. The first kappa shape index (κ1) is 15.9. The number of fused-ring (bicyclic) bond motifs is 8. The molecule has 1 atom stereocenters. The number of hydrogen-bond acceptors (Lipinski definition) is 3. The molecular weight excluding hydrogens is 288 g/mol. The van der Waals surface area contributed by atoms with Crippen molar-refractivity contribution in [1.29, 1.82) is 0 Å². The van der Waals surface area contributed by atoms with Crippen LogP contribution in [0.2, 0.25) is 0 Å². The van der Waals surface area contributed by atoms with Gasteiger partial charge in [-0.1, -0.05) is 24.6 Å². The van der Waals surface area contributed by atoms with Gasteiger partial charge in [0.15, 0.2) is 11.5 Å². The second-order valence-electron chi connectivity index (χ2n) is 6.17. The van der Waals surface area contributed by atoms with Crippen molar-refractivity contribution in [1.82, 2.24) is 0 Å². The van der Waals surface area contributed by atoms with Gasteiger partial charge >= 0.3 is 0 Å². The fourth-order valence-corrected chi connectivity index (χ4v) is 2.99. The molecule has 3 nitrogen and oxygen atoms in total. The van der Waals surface area contributed by atoms with E-state index in [9.17, 15) is 5.11 Å². The molecular formula is C20H24O3. The van der Waals surface area contributed by atoms with E-state index in [1.54, 1.807) is 7.11 Å². The van der Waals surface area contributed by atoms with Crippen LogP contribution in [0.1, 0.15) is 36.8 Å². The summed E-state index contributed by atoms with van der Waals surface area (Å²) in [6, 6.07) is 14.2. The van der Waals surface area contributed by atoms with Crippen molar-refractivity contribution in [2.75, 3.05) is 7.11 Å². The predicted octanol–water partition coefficient (Wildman–Crippen LogP) is 4.51. The molecule has 0 saturated heterocycles. The monoisotopic (exact) mass is 312 g/mol. The molecule has 3 heteroatoms. The maximum Gasteiger partial charge on any atom is 0.169 e. The average molecular weight is 312 g/mol. The number of methoxy groups -OCH3 is 1. The number of aliphatic hydroxyl groups excluding tert-OH is 1. The molecule has 1 N–H and O–H groups in total. The number of aliphatic hydroxyl groups is 1. The molecule has 2 heterocycles. The highest BCUT2D eigenvalue weighted by molar-refractivity contribution is 5.45. The Balaban J connectivity index is 1.89. The molecule has 0 aromatic heterocycles. The van der Waals surface area contributed by atoms with Crippen LogP contribution >= 0.6 is 0 Å². The van der Waals surface area contributed by atoms with E-state index in [4.69, 9.17) is 9.47 Å². The molecule has 2 aromatic carbocycles. The molecule has 122 valence electrons. The Bertz CT molecular complexity index is 634. The zero-order valence-electron chi connectivity index (χ0n) is 13.6. The molecule has 0 radical (unpaired) electrons. The van der Waals surface area contributed by atoms with Crippen LogP contribution in [0.3, 0.4) is 0 Å². The van der Waals surface area contributed by atoms with Gasteiger partial charge in [0.25, 0.3) is 0 Å². The SMILES string of the molecule is COc1ccc2cc1Oc1ccc(cc1)CCC(O)CCCC2. The molecule has 2 aliphatic rings. The molecule has 4 rings (SSSR count). The average Bonchev–Trinajstić information content (AvgIpc) is 2.58. The maximum absolute atomic E-state index is 10.1. The van der Waals surface area contributed by atoms with Gasteiger partial charge in [-0.3, -0.25) is 0 Å².